The summed E-state index contributed by atoms with van der Waals surface area (Å²) in [4.78, 5) is 8.69. The fourth-order valence-corrected chi connectivity index (χ4v) is 1.75. The molecule has 3 rings (SSSR count). The third kappa shape index (κ3) is 1.56. The van der Waals surface area contributed by atoms with E-state index >= 15 is 0 Å². The summed E-state index contributed by atoms with van der Waals surface area (Å²) in [6.45, 7) is 1.03. The van der Waals surface area contributed by atoms with Gasteiger partial charge in [-0.3, -0.25) is 0 Å². The van der Waals surface area contributed by atoms with Crippen LogP contribution in [0.15, 0.2) is 18.6 Å². The van der Waals surface area contributed by atoms with Crippen molar-refractivity contribution in [1.82, 2.24) is 14.5 Å². The highest BCUT2D eigenvalue weighted by Gasteiger charge is 2.21. The first-order chi connectivity index (χ1) is 7.34. The minimum Gasteiger partial charge on any atom is -0.368 e. The van der Waals surface area contributed by atoms with E-state index in [4.69, 9.17) is 0 Å². The molecular weight excluding hydrogens is 188 g/mol. The summed E-state index contributed by atoms with van der Waals surface area (Å²) >= 11 is 0. The predicted octanol–water partition coefficient (Wildman–Crippen LogP) is 1.79. The van der Waals surface area contributed by atoms with E-state index in [-0.39, 0.29) is 0 Å². The first kappa shape index (κ1) is 8.71. The number of rotatable bonds is 3. The maximum absolute atomic E-state index is 4.35. The van der Waals surface area contributed by atoms with Crippen molar-refractivity contribution in [2.24, 2.45) is 13.0 Å². The Hall–Kier alpha value is -1.58. The zero-order valence-corrected chi connectivity index (χ0v) is 8.77. The average Bonchev–Trinajstić information content (AvgIpc) is 3.01. The molecule has 1 aliphatic carbocycles. The van der Waals surface area contributed by atoms with Crippen molar-refractivity contribution >= 4 is 16.9 Å². The molecule has 0 atom stereocenters. The second-order valence-corrected chi connectivity index (χ2v) is 4.21. The SMILES string of the molecule is Cn1cnc2c(NCC3CC3)nccc21. The highest BCUT2D eigenvalue weighted by molar-refractivity contribution is 5.85. The fraction of sp³-hybridized carbons (Fsp3) is 0.455. The zero-order chi connectivity index (χ0) is 10.3. The van der Waals surface area contributed by atoms with Gasteiger partial charge in [-0.1, -0.05) is 0 Å². The van der Waals surface area contributed by atoms with Crippen molar-refractivity contribution in [3.05, 3.63) is 18.6 Å². The largest absolute Gasteiger partial charge is 0.368 e. The lowest BCUT2D eigenvalue weighted by Gasteiger charge is -2.04. The van der Waals surface area contributed by atoms with Crippen LogP contribution in [0.25, 0.3) is 11.0 Å². The van der Waals surface area contributed by atoms with E-state index in [9.17, 15) is 0 Å². The monoisotopic (exact) mass is 202 g/mol. The van der Waals surface area contributed by atoms with Gasteiger partial charge in [0.2, 0.25) is 0 Å². The average molecular weight is 202 g/mol. The number of nitrogens with zero attached hydrogens (tertiary/aromatic N) is 3. The van der Waals surface area contributed by atoms with Gasteiger partial charge in [0.1, 0.15) is 5.52 Å². The predicted molar refractivity (Wildman–Crippen MR) is 59.7 cm³/mol. The summed E-state index contributed by atoms with van der Waals surface area (Å²) in [5, 5.41) is 3.38. The zero-order valence-electron chi connectivity index (χ0n) is 8.77. The van der Waals surface area contributed by atoms with Gasteiger partial charge in [0.25, 0.3) is 0 Å². The molecule has 4 heteroatoms. The maximum atomic E-state index is 4.35. The van der Waals surface area contributed by atoms with Crippen molar-refractivity contribution in [1.29, 1.82) is 0 Å². The summed E-state index contributed by atoms with van der Waals surface area (Å²) in [6, 6.07) is 1.99. The van der Waals surface area contributed by atoms with Gasteiger partial charge >= 0.3 is 0 Å². The number of anilines is 1. The van der Waals surface area contributed by atoms with E-state index < -0.39 is 0 Å². The van der Waals surface area contributed by atoms with Crippen LogP contribution in [-0.4, -0.2) is 21.1 Å². The first-order valence-electron chi connectivity index (χ1n) is 5.34. The number of imidazole rings is 1. The molecule has 0 aromatic carbocycles. The van der Waals surface area contributed by atoms with Gasteiger partial charge in [0.15, 0.2) is 5.82 Å². The molecule has 1 fully saturated rings. The number of hydrogen-bond donors (Lipinski definition) is 1. The Bertz CT molecular complexity index is 484. The van der Waals surface area contributed by atoms with E-state index in [0.717, 1.165) is 29.3 Å². The number of pyridine rings is 1. The molecule has 0 bridgehead atoms. The molecule has 78 valence electrons. The molecule has 1 N–H and O–H groups in total. The number of hydrogen-bond acceptors (Lipinski definition) is 3. The van der Waals surface area contributed by atoms with E-state index in [1.54, 1.807) is 0 Å². The van der Waals surface area contributed by atoms with Crippen LogP contribution in [0.4, 0.5) is 5.82 Å². The Balaban J connectivity index is 1.94. The quantitative estimate of drug-likeness (QED) is 0.825. The van der Waals surface area contributed by atoms with Gasteiger partial charge in [0, 0.05) is 19.8 Å². The third-order valence-corrected chi connectivity index (χ3v) is 2.90. The summed E-state index contributed by atoms with van der Waals surface area (Å²) in [5.74, 6) is 1.77. The lowest BCUT2D eigenvalue weighted by Crippen LogP contribution is -2.05. The van der Waals surface area contributed by atoms with Crippen LogP contribution in [0.5, 0.6) is 0 Å². The molecule has 0 saturated heterocycles. The molecular formula is C11H14N4. The number of fused-ring (bicyclic) bond motifs is 1. The molecule has 1 aliphatic rings. The Kier molecular flexibility index (Phi) is 1.87. The van der Waals surface area contributed by atoms with Gasteiger partial charge < -0.3 is 9.88 Å². The van der Waals surface area contributed by atoms with Crippen LogP contribution < -0.4 is 5.32 Å². The van der Waals surface area contributed by atoms with Gasteiger partial charge in [0.05, 0.1) is 11.8 Å². The summed E-state index contributed by atoms with van der Waals surface area (Å²) in [5.41, 5.74) is 2.10. The topological polar surface area (TPSA) is 42.7 Å². The molecule has 0 spiro atoms. The normalized spacial score (nSPS) is 15.8. The molecule has 2 heterocycles. The van der Waals surface area contributed by atoms with Crippen molar-refractivity contribution in [2.45, 2.75) is 12.8 Å². The molecule has 1 saturated carbocycles. The smallest absolute Gasteiger partial charge is 0.154 e. The lowest BCUT2D eigenvalue weighted by molar-refractivity contribution is 0.884. The number of aryl methyl sites for hydroxylation is 1. The van der Waals surface area contributed by atoms with E-state index in [1.165, 1.54) is 12.8 Å². The molecule has 0 amide bonds. The second-order valence-electron chi connectivity index (χ2n) is 4.21. The van der Waals surface area contributed by atoms with Gasteiger partial charge in [-0.2, -0.15) is 0 Å². The summed E-state index contributed by atoms with van der Waals surface area (Å²) in [6.07, 6.45) is 6.37. The number of aromatic nitrogens is 3. The van der Waals surface area contributed by atoms with Crippen LogP contribution in [0.2, 0.25) is 0 Å². The first-order valence-corrected chi connectivity index (χ1v) is 5.34. The highest BCUT2D eigenvalue weighted by Crippen LogP contribution is 2.29. The van der Waals surface area contributed by atoms with Crippen molar-refractivity contribution < 1.29 is 0 Å². The third-order valence-electron chi connectivity index (χ3n) is 2.90. The van der Waals surface area contributed by atoms with Crippen molar-refractivity contribution in [3.8, 4) is 0 Å². The molecule has 2 aromatic rings. The van der Waals surface area contributed by atoms with Gasteiger partial charge in [-0.05, 0) is 24.8 Å². The van der Waals surface area contributed by atoms with Gasteiger partial charge in [-0.25, -0.2) is 9.97 Å². The Morgan fingerprint density at radius 2 is 2.33 bits per heavy atom. The van der Waals surface area contributed by atoms with Crippen LogP contribution in [0.3, 0.4) is 0 Å². The van der Waals surface area contributed by atoms with Crippen molar-refractivity contribution in [3.63, 3.8) is 0 Å². The van der Waals surface area contributed by atoms with Crippen LogP contribution in [-0.2, 0) is 7.05 Å². The van der Waals surface area contributed by atoms with Crippen LogP contribution in [0.1, 0.15) is 12.8 Å². The maximum Gasteiger partial charge on any atom is 0.154 e. The molecule has 0 unspecified atom stereocenters. The van der Waals surface area contributed by atoms with E-state index in [2.05, 4.69) is 15.3 Å². The Morgan fingerprint density at radius 1 is 1.47 bits per heavy atom. The molecule has 4 nitrogen and oxygen atoms in total. The molecule has 0 radical (unpaired) electrons. The second kappa shape index (κ2) is 3.22. The van der Waals surface area contributed by atoms with Crippen LogP contribution in [0, 0.1) is 5.92 Å². The van der Waals surface area contributed by atoms with E-state index in [1.807, 2.05) is 30.2 Å². The van der Waals surface area contributed by atoms with Crippen LogP contribution >= 0.6 is 0 Å². The highest BCUT2D eigenvalue weighted by atomic mass is 15.1. The Morgan fingerprint density at radius 3 is 3.13 bits per heavy atom. The minimum atomic E-state index is 0.853. The Labute approximate surface area is 88.3 Å². The lowest BCUT2D eigenvalue weighted by atomic mass is 10.3. The fourth-order valence-electron chi connectivity index (χ4n) is 1.75. The molecule has 2 aromatic heterocycles. The number of nitrogens with one attached hydrogen (secondary N) is 1. The molecule has 0 aliphatic heterocycles. The minimum absolute atomic E-state index is 0.853. The van der Waals surface area contributed by atoms with Crippen molar-refractivity contribution in [2.75, 3.05) is 11.9 Å². The molecule has 15 heavy (non-hydrogen) atoms. The standard InChI is InChI=1S/C11H14N4/c1-15-7-14-10-9(15)4-5-12-11(10)13-6-8-2-3-8/h4-5,7-8H,2-3,6H2,1H3,(H,12,13). The van der Waals surface area contributed by atoms with E-state index in [0.29, 0.717) is 0 Å². The summed E-state index contributed by atoms with van der Waals surface area (Å²) < 4.78 is 2.01. The van der Waals surface area contributed by atoms with Gasteiger partial charge in [-0.15, -0.1) is 0 Å². The summed E-state index contributed by atoms with van der Waals surface area (Å²) in [7, 11) is 2.00.